The van der Waals surface area contributed by atoms with E-state index in [4.69, 9.17) is 28.4 Å². The van der Waals surface area contributed by atoms with Gasteiger partial charge in [0.25, 0.3) is 0 Å². The maximum absolute atomic E-state index is 11.8. The van der Waals surface area contributed by atoms with Gasteiger partial charge in [-0.05, 0) is 36.4 Å². The molecular formula is C27H37IKN3O7. The van der Waals surface area contributed by atoms with E-state index in [-0.39, 0.29) is 81.4 Å². The van der Waals surface area contributed by atoms with Crippen LogP contribution in [0.1, 0.15) is 0 Å². The van der Waals surface area contributed by atoms with E-state index in [0.29, 0.717) is 79.3 Å². The Morgan fingerprint density at radius 2 is 1.03 bits per heavy atom. The predicted octanol–water partition coefficient (Wildman–Crippen LogP) is -2.08. The molecule has 12 heteroatoms. The van der Waals surface area contributed by atoms with E-state index in [2.05, 4.69) is 15.6 Å². The van der Waals surface area contributed by atoms with Crippen LogP contribution in [0.25, 0.3) is 10.9 Å². The number of halogens is 1. The van der Waals surface area contributed by atoms with Gasteiger partial charge in [-0.3, -0.25) is 0 Å². The number of aromatic amines is 1. The number of hydrogen-bond acceptors (Lipinski definition) is 7. The SMILES string of the molecule is C1COCCOCCOCCOCCOCCO1.O=C(Nc1ccccc1)Nc1ccc2[nH]ccc2c1.[I-].[K+]. The molecule has 0 bridgehead atoms. The van der Waals surface area contributed by atoms with Gasteiger partial charge in [-0.2, -0.15) is 0 Å². The summed E-state index contributed by atoms with van der Waals surface area (Å²) in [6.45, 7) is 7.04. The minimum atomic E-state index is -0.249. The van der Waals surface area contributed by atoms with Crippen LogP contribution in [0.3, 0.4) is 0 Å². The minimum Gasteiger partial charge on any atom is -1.00 e. The summed E-state index contributed by atoms with van der Waals surface area (Å²) in [5.74, 6) is 0. The van der Waals surface area contributed by atoms with Crippen molar-refractivity contribution < 1.29 is 109 Å². The van der Waals surface area contributed by atoms with Crippen molar-refractivity contribution in [2.45, 2.75) is 0 Å². The number of aromatic nitrogens is 1. The molecule has 2 heterocycles. The van der Waals surface area contributed by atoms with E-state index in [0.717, 1.165) is 22.3 Å². The molecule has 1 aromatic heterocycles. The Bertz CT molecular complexity index is 938. The summed E-state index contributed by atoms with van der Waals surface area (Å²) in [5, 5.41) is 6.65. The number of carbonyl (C=O) groups is 1. The molecular weight excluding hydrogens is 644 g/mol. The van der Waals surface area contributed by atoms with Crippen molar-refractivity contribution in [1.29, 1.82) is 0 Å². The summed E-state index contributed by atoms with van der Waals surface area (Å²) in [4.78, 5) is 14.9. The Morgan fingerprint density at radius 3 is 1.49 bits per heavy atom. The summed E-state index contributed by atoms with van der Waals surface area (Å²) in [7, 11) is 0. The summed E-state index contributed by atoms with van der Waals surface area (Å²) >= 11 is 0. The molecule has 0 radical (unpaired) electrons. The number of anilines is 2. The Kier molecular flexibility index (Phi) is 22.4. The molecule has 0 saturated carbocycles. The van der Waals surface area contributed by atoms with Gasteiger partial charge in [0, 0.05) is 28.5 Å². The molecule has 3 N–H and O–H groups in total. The van der Waals surface area contributed by atoms with E-state index in [9.17, 15) is 4.79 Å². The van der Waals surface area contributed by atoms with E-state index in [1.807, 2.05) is 60.8 Å². The van der Waals surface area contributed by atoms with E-state index < -0.39 is 0 Å². The average Bonchev–Trinajstić information content (AvgIpc) is 3.38. The fourth-order valence-electron chi connectivity index (χ4n) is 3.27. The van der Waals surface area contributed by atoms with Crippen molar-refractivity contribution in [1.82, 2.24) is 4.98 Å². The number of hydrogen-bond donors (Lipinski definition) is 3. The molecule has 1 aliphatic rings. The minimum absolute atomic E-state index is 0. The number of urea groups is 1. The zero-order valence-corrected chi connectivity index (χ0v) is 27.8. The fraction of sp³-hybridized carbons (Fsp3) is 0.444. The van der Waals surface area contributed by atoms with Gasteiger partial charge < -0.3 is 68.0 Å². The second kappa shape index (κ2) is 24.0. The van der Waals surface area contributed by atoms with E-state index >= 15 is 0 Å². The predicted molar refractivity (Wildman–Crippen MR) is 142 cm³/mol. The van der Waals surface area contributed by atoms with E-state index in [1.54, 1.807) is 0 Å². The van der Waals surface area contributed by atoms with Crippen molar-refractivity contribution in [2.75, 3.05) is 89.9 Å². The molecule has 4 rings (SSSR count). The molecule has 0 spiro atoms. The molecule has 0 unspecified atom stereocenters. The normalized spacial score (nSPS) is 16.1. The van der Waals surface area contributed by atoms with Crippen LogP contribution in [0.5, 0.6) is 0 Å². The molecule has 1 aliphatic heterocycles. The van der Waals surface area contributed by atoms with Gasteiger partial charge >= 0.3 is 57.4 Å². The molecule has 3 aromatic rings. The summed E-state index contributed by atoms with van der Waals surface area (Å²) in [6.07, 6.45) is 1.87. The van der Waals surface area contributed by atoms with Crippen LogP contribution in [0.15, 0.2) is 60.8 Å². The molecule has 2 amide bonds. The molecule has 0 atom stereocenters. The number of H-pyrrole nitrogens is 1. The van der Waals surface area contributed by atoms with Crippen LogP contribution in [-0.4, -0.2) is 90.3 Å². The quantitative estimate of drug-likeness (QED) is 0.211. The van der Waals surface area contributed by atoms with Crippen molar-refractivity contribution in [3.8, 4) is 0 Å². The van der Waals surface area contributed by atoms with Crippen molar-refractivity contribution >= 4 is 28.3 Å². The first-order valence-corrected chi connectivity index (χ1v) is 12.5. The van der Waals surface area contributed by atoms with Crippen LogP contribution in [0.2, 0.25) is 0 Å². The third-order valence-electron chi connectivity index (χ3n) is 5.07. The summed E-state index contributed by atoms with van der Waals surface area (Å²) in [5.41, 5.74) is 2.58. The summed E-state index contributed by atoms with van der Waals surface area (Å²) < 4.78 is 32.0. The summed E-state index contributed by atoms with van der Waals surface area (Å²) in [6, 6.07) is 16.8. The number of carbonyl (C=O) groups excluding carboxylic acids is 1. The molecule has 0 aliphatic carbocycles. The van der Waals surface area contributed by atoms with Gasteiger partial charge in [0.1, 0.15) is 0 Å². The molecule has 1 saturated heterocycles. The van der Waals surface area contributed by atoms with Crippen LogP contribution in [0.4, 0.5) is 16.2 Å². The zero-order chi connectivity index (χ0) is 25.8. The van der Waals surface area contributed by atoms with Gasteiger partial charge in [-0.1, -0.05) is 18.2 Å². The Labute approximate surface area is 289 Å². The van der Waals surface area contributed by atoms with Crippen molar-refractivity contribution in [3.05, 3.63) is 60.8 Å². The number of benzene rings is 2. The van der Waals surface area contributed by atoms with Gasteiger partial charge in [0.15, 0.2) is 0 Å². The standard InChI is InChI=1S/C15H13N3O.C12H24O6.HI.K/c19-15(17-12-4-2-1-3-5-12)18-13-6-7-14-11(10-13)8-9-16-14;1-2-14-5-6-16-9-10-18-12-11-17-8-7-15-4-3-13-1;;/h1-10,16H,(H2,17,18,19);1-12H2;1H;/q;;;+1/p-1. The largest absolute Gasteiger partial charge is 1.00 e. The number of ether oxygens (including phenoxy) is 6. The molecule has 2 aromatic carbocycles. The Morgan fingerprint density at radius 1 is 0.590 bits per heavy atom. The number of rotatable bonds is 2. The number of fused-ring (bicyclic) bond motifs is 1. The Balaban J connectivity index is 0.000000372. The number of amides is 2. The van der Waals surface area contributed by atoms with Crippen LogP contribution < -0.4 is 86.0 Å². The number of nitrogens with one attached hydrogen (secondary N) is 3. The topological polar surface area (TPSA) is 112 Å². The zero-order valence-electron chi connectivity index (χ0n) is 22.5. The monoisotopic (exact) mass is 681 g/mol. The first-order valence-electron chi connectivity index (χ1n) is 12.5. The van der Waals surface area contributed by atoms with Crippen LogP contribution in [-0.2, 0) is 28.4 Å². The third kappa shape index (κ3) is 17.1. The van der Waals surface area contributed by atoms with E-state index in [1.165, 1.54) is 0 Å². The van der Waals surface area contributed by atoms with Crippen LogP contribution >= 0.6 is 0 Å². The fourth-order valence-corrected chi connectivity index (χ4v) is 3.27. The first kappa shape index (κ1) is 36.4. The molecule has 210 valence electrons. The first-order chi connectivity index (χ1) is 18.3. The molecule has 10 nitrogen and oxygen atoms in total. The van der Waals surface area contributed by atoms with Crippen molar-refractivity contribution in [3.63, 3.8) is 0 Å². The second-order valence-electron chi connectivity index (χ2n) is 7.90. The molecule has 1 fully saturated rings. The van der Waals surface area contributed by atoms with Crippen LogP contribution in [0, 0.1) is 0 Å². The van der Waals surface area contributed by atoms with Gasteiger partial charge in [-0.25, -0.2) is 4.79 Å². The van der Waals surface area contributed by atoms with Gasteiger partial charge in [0.2, 0.25) is 0 Å². The third-order valence-corrected chi connectivity index (χ3v) is 5.07. The maximum Gasteiger partial charge on any atom is 1.00 e. The average molecular weight is 682 g/mol. The van der Waals surface area contributed by atoms with Gasteiger partial charge in [-0.15, -0.1) is 0 Å². The molecule has 39 heavy (non-hydrogen) atoms. The number of para-hydroxylation sites is 1. The van der Waals surface area contributed by atoms with Gasteiger partial charge in [0.05, 0.1) is 79.3 Å². The Hall–Kier alpha value is -0.624. The van der Waals surface area contributed by atoms with Crippen molar-refractivity contribution in [2.24, 2.45) is 0 Å². The smallest absolute Gasteiger partial charge is 1.00 e. The maximum atomic E-state index is 11.8. The second-order valence-corrected chi connectivity index (χ2v) is 7.90.